The van der Waals surface area contributed by atoms with Gasteiger partial charge in [-0.3, -0.25) is 4.90 Å². The van der Waals surface area contributed by atoms with Crippen LogP contribution in [0.1, 0.15) is 22.8 Å². The molecule has 0 aliphatic heterocycles. The fraction of sp³-hybridized carbons (Fsp3) is 0.308. The molecule has 2 aromatic heterocycles. The predicted octanol–water partition coefficient (Wildman–Crippen LogP) is 4.91. The van der Waals surface area contributed by atoms with Crippen LogP contribution < -0.4 is 0 Å². The van der Waals surface area contributed by atoms with E-state index < -0.39 is 6.10 Å². The standard InChI is InChI=1S/C26H28ClN3O4/c1-19-9-10-21(14-24(19)27)26-28-25(34-29-26)11-12-30(15-20-6-3-2-4-7-20)16-22(31)17-32-18-23-8-5-13-33-23/h2-10,13-14,22,31H,11-12,15-18H2,1H3/t22-/m1/s1. The lowest BCUT2D eigenvalue weighted by Gasteiger charge is -2.24. The molecule has 7 nitrogen and oxygen atoms in total. The monoisotopic (exact) mass is 481 g/mol. The smallest absolute Gasteiger partial charge is 0.228 e. The fourth-order valence-corrected chi connectivity index (χ4v) is 3.76. The Kier molecular flexibility index (Phi) is 8.49. The summed E-state index contributed by atoms with van der Waals surface area (Å²) in [4.78, 5) is 6.68. The van der Waals surface area contributed by atoms with Crippen LogP contribution in [0.25, 0.3) is 11.4 Å². The number of aliphatic hydroxyl groups is 1. The van der Waals surface area contributed by atoms with Crippen LogP contribution in [-0.4, -0.2) is 45.9 Å². The second kappa shape index (κ2) is 11.9. The third-order valence-corrected chi connectivity index (χ3v) is 5.80. The molecule has 2 heterocycles. The molecule has 1 N–H and O–H groups in total. The van der Waals surface area contributed by atoms with Gasteiger partial charge in [0, 0.05) is 36.6 Å². The molecule has 0 spiro atoms. The van der Waals surface area contributed by atoms with Crippen LogP contribution in [0.5, 0.6) is 0 Å². The van der Waals surface area contributed by atoms with Crippen molar-refractivity contribution in [1.29, 1.82) is 0 Å². The summed E-state index contributed by atoms with van der Waals surface area (Å²) >= 11 is 6.23. The average molecular weight is 482 g/mol. The van der Waals surface area contributed by atoms with Crippen LogP contribution in [0.15, 0.2) is 75.9 Å². The first kappa shape index (κ1) is 24.2. The third kappa shape index (κ3) is 7.01. The normalized spacial score (nSPS) is 12.4. The molecule has 0 bridgehead atoms. The first-order chi connectivity index (χ1) is 16.6. The minimum atomic E-state index is -0.647. The van der Waals surface area contributed by atoms with Gasteiger partial charge in [-0.25, -0.2) is 0 Å². The molecule has 0 aliphatic rings. The lowest BCUT2D eigenvalue weighted by atomic mass is 10.1. The lowest BCUT2D eigenvalue weighted by Crippen LogP contribution is -2.36. The number of aromatic nitrogens is 2. The van der Waals surface area contributed by atoms with Crippen LogP contribution in [-0.2, 0) is 24.3 Å². The van der Waals surface area contributed by atoms with Crippen LogP contribution in [0.2, 0.25) is 5.02 Å². The van der Waals surface area contributed by atoms with Crippen molar-refractivity contribution >= 4 is 11.6 Å². The van der Waals surface area contributed by atoms with Gasteiger partial charge in [-0.05, 0) is 36.2 Å². The van der Waals surface area contributed by atoms with E-state index in [1.54, 1.807) is 6.26 Å². The molecular weight excluding hydrogens is 454 g/mol. The molecule has 4 rings (SSSR count). The van der Waals surface area contributed by atoms with Crippen molar-refractivity contribution in [3.8, 4) is 11.4 Å². The summed E-state index contributed by atoms with van der Waals surface area (Å²) in [5.41, 5.74) is 2.97. The molecular formula is C26H28ClN3O4. The summed E-state index contributed by atoms with van der Waals surface area (Å²) in [7, 11) is 0. The number of hydrogen-bond acceptors (Lipinski definition) is 7. The van der Waals surface area contributed by atoms with E-state index in [0.717, 1.165) is 22.5 Å². The number of aryl methyl sites for hydroxylation is 1. The van der Waals surface area contributed by atoms with Crippen molar-refractivity contribution in [2.75, 3.05) is 19.7 Å². The van der Waals surface area contributed by atoms with Crippen LogP contribution in [0.4, 0.5) is 0 Å². The Balaban J connectivity index is 1.35. The number of aliphatic hydroxyl groups excluding tert-OH is 1. The largest absolute Gasteiger partial charge is 0.467 e. The maximum Gasteiger partial charge on any atom is 0.228 e. The molecule has 2 aromatic carbocycles. The Labute approximate surface area is 203 Å². The van der Waals surface area contributed by atoms with E-state index in [1.165, 1.54) is 0 Å². The van der Waals surface area contributed by atoms with E-state index >= 15 is 0 Å². The zero-order valence-electron chi connectivity index (χ0n) is 19.1. The Hall–Kier alpha value is -2.97. The van der Waals surface area contributed by atoms with Crippen molar-refractivity contribution in [2.45, 2.75) is 32.6 Å². The van der Waals surface area contributed by atoms with Gasteiger partial charge in [-0.2, -0.15) is 4.98 Å². The van der Waals surface area contributed by atoms with E-state index in [0.29, 0.717) is 49.4 Å². The molecule has 4 aromatic rings. The van der Waals surface area contributed by atoms with Gasteiger partial charge in [0.15, 0.2) is 0 Å². The summed E-state index contributed by atoms with van der Waals surface area (Å²) in [6, 6.07) is 19.5. The van der Waals surface area contributed by atoms with Gasteiger partial charge >= 0.3 is 0 Å². The molecule has 0 aliphatic carbocycles. The van der Waals surface area contributed by atoms with Gasteiger partial charge in [0.25, 0.3) is 0 Å². The molecule has 34 heavy (non-hydrogen) atoms. The summed E-state index contributed by atoms with van der Waals surface area (Å²) < 4.78 is 16.3. The average Bonchev–Trinajstić information content (AvgIpc) is 3.52. The molecule has 1 atom stereocenters. The Bertz CT molecular complexity index is 1150. The maximum absolute atomic E-state index is 10.6. The van der Waals surface area contributed by atoms with Gasteiger partial charge in [0.2, 0.25) is 11.7 Å². The predicted molar refractivity (Wildman–Crippen MR) is 129 cm³/mol. The van der Waals surface area contributed by atoms with Crippen molar-refractivity contribution in [1.82, 2.24) is 15.0 Å². The molecule has 0 fully saturated rings. The van der Waals surface area contributed by atoms with Gasteiger partial charge in [-0.1, -0.05) is 59.2 Å². The van der Waals surface area contributed by atoms with Crippen LogP contribution >= 0.6 is 11.6 Å². The van der Waals surface area contributed by atoms with E-state index in [2.05, 4.69) is 27.2 Å². The van der Waals surface area contributed by atoms with Gasteiger partial charge < -0.3 is 18.8 Å². The molecule has 0 radical (unpaired) electrons. The summed E-state index contributed by atoms with van der Waals surface area (Å²) in [5, 5.41) is 15.3. The Morgan fingerprint density at radius 1 is 1.12 bits per heavy atom. The van der Waals surface area contributed by atoms with E-state index in [-0.39, 0.29) is 6.61 Å². The highest BCUT2D eigenvalue weighted by molar-refractivity contribution is 6.31. The molecule has 8 heteroatoms. The topological polar surface area (TPSA) is 84.8 Å². The first-order valence-corrected chi connectivity index (χ1v) is 11.6. The zero-order chi connectivity index (χ0) is 23.8. The van der Waals surface area contributed by atoms with Crippen molar-refractivity contribution < 1.29 is 18.8 Å². The second-order valence-corrected chi connectivity index (χ2v) is 8.60. The van der Waals surface area contributed by atoms with E-state index in [1.807, 2.05) is 55.5 Å². The second-order valence-electron chi connectivity index (χ2n) is 8.19. The zero-order valence-corrected chi connectivity index (χ0v) is 19.8. The number of furan rings is 1. The lowest BCUT2D eigenvalue weighted by molar-refractivity contribution is 0.00375. The third-order valence-electron chi connectivity index (χ3n) is 5.39. The Morgan fingerprint density at radius 3 is 2.74 bits per heavy atom. The summed E-state index contributed by atoms with van der Waals surface area (Å²) in [6.07, 6.45) is 1.51. The molecule has 0 saturated heterocycles. The highest BCUT2D eigenvalue weighted by Crippen LogP contribution is 2.23. The van der Waals surface area contributed by atoms with Crippen molar-refractivity contribution in [3.05, 3.63) is 94.7 Å². The van der Waals surface area contributed by atoms with E-state index in [9.17, 15) is 5.11 Å². The number of hydrogen-bond donors (Lipinski definition) is 1. The van der Waals surface area contributed by atoms with Crippen LogP contribution in [0.3, 0.4) is 0 Å². The first-order valence-electron chi connectivity index (χ1n) is 11.2. The van der Waals surface area contributed by atoms with E-state index in [4.69, 9.17) is 25.3 Å². The van der Waals surface area contributed by atoms with Gasteiger partial charge in [0.1, 0.15) is 12.4 Å². The molecule has 0 unspecified atom stereocenters. The van der Waals surface area contributed by atoms with Crippen LogP contribution in [0, 0.1) is 6.92 Å². The van der Waals surface area contributed by atoms with Crippen molar-refractivity contribution in [2.24, 2.45) is 0 Å². The SMILES string of the molecule is Cc1ccc(-c2noc(CCN(Cc3ccccc3)C[C@@H](O)COCc3ccco3)n2)cc1Cl. The number of ether oxygens (including phenoxy) is 1. The highest BCUT2D eigenvalue weighted by atomic mass is 35.5. The molecule has 0 amide bonds. The number of nitrogens with zero attached hydrogens (tertiary/aromatic N) is 3. The number of benzene rings is 2. The van der Waals surface area contributed by atoms with Crippen molar-refractivity contribution in [3.63, 3.8) is 0 Å². The summed E-state index contributed by atoms with van der Waals surface area (Å²) in [5.74, 6) is 1.78. The van der Waals surface area contributed by atoms with Gasteiger partial charge in [0.05, 0.1) is 19.0 Å². The Morgan fingerprint density at radius 2 is 1.97 bits per heavy atom. The van der Waals surface area contributed by atoms with Gasteiger partial charge in [-0.15, -0.1) is 0 Å². The summed E-state index contributed by atoms with van der Waals surface area (Å²) in [6.45, 7) is 4.26. The fourth-order valence-electron chi connectivity index (χ4n) is 3.58. The minimum Gasteiger partial charge on any atom is -0.467 e. The molecule has 178 valence electrons. The quantitative estimate of drug-likeness (QED) is 0.307. The number of rotatable bonds is 12. The highest BCUT2D eigenvalue weighted by Gasteiger charge is 2.16. The number of halogens is 1. The molecule has 0 saturated carbocycles. The maximum atomic E-state index is 10.6. The minimum absolute atomic E-state index is 0.213.